The van der Waals surface area contributed by atoms with Crippen LogP contribution in [0.1, 0.15) is 65.7 Å². The lowest BCUT2D eigenvalue weighted by Gasteiger charge is -2.37. The number of nitrogens with two attached hydrogens (primary N) is 1. The molecule has 3 heteroatoms. The van der Waals surface area contributed by atoms with E-state index < -0.39 is 0 Å². The summed E-state index contributed by atoms with van der Waals surface area (Å²) in [5, 5.41) is 3.24. The van der Waals surface area contributed by atoms with Crippen LogP contribution in [0.4, 0.5) is 0 Å². The quantitative estimate of drug-likeness (QED) is 0.776. The van der Waals surface area contributed by atoms with Crippen LogP contribution in [0, 0.1) is 5.41 Å². The average molecular weight is 240 g/mol. The molecule has 1 unspecified atom stereocenters. The highest BCUT2D eigenvalue weighted by Gasteiger charge is 2.37. The van der Waals surface area contributed by atoms with Crippen molar-refractivity contribution in [1.82, 2.24) is 5.32 Å². The third-order valence-electron chi connectivity index (χ3n) is 4.40. The Morgan fingerprint density at radius 1 is 1.35 bits per heavy atom. The van der Waals surface area contributed by atoms with Gasteiger partial charge in [0.25, 0.3) is 0 Å². The molecule has 0 aromatic carbocycles. The standard InChI is InChI=1S/C14H28N2O/c1-4-14(3,10-11-15)16-12(17)13(2)8-6-5-7-9-13/h4-11,15H2,1-3H3,(H,16,17). The Balaban J connectivity index is 2.63. The molecule has 0 radical (unpaired) electrons. The molecular weight excluding hydrogens is 212 g/mol. The largest absolute Gasteiger partial charge is 0.350 e. The zero-order valence-corrected chi connectivity index (χ0v) is 11.6. The van der Waals surface area contributed by atoms with E-state index in [1.165, 1.54) is 19.3 Å². The van der Waals surface area contributed by atoms with Crippen molar-refractivity contribution in [1.29, 1.82) is 0 Å². The number of carbonyl (C=O) groups excluding carboxylic acids is 1. The van der Waals surface area contributed by atoms with Gasteiger partial charge in [0.15, 0.2) is 0 Å². The van der Waals surface area contributed by atoms with Gasteiger partial charge in [-0.3, -0.25) is 4.79 Å². The summed E-state index contributed by atoms with van der Waals surface area (Å²) in [6.07, 6.45) is 7.49. The molecule has 0 heterocycles. The molecule has 17 heavy (non-hydrogen) atoms. The van der Waals surface area contributed by atoms with Gasteiger partial charge in [-0.05, 0) is 39.2 Å². The first-order chi connectivity index (χ1) is 7.96. The number of hydrogen-bond acceptors (Lipinski definition) is 2. The van der Waals surface area contributed by atoms with E-state index in [1.54, 1.807) is 0 Å². The lowest BCUT2D eigenvalue weighted by atomic mass is 9.74. The first kappa shape index (κ1) is 14.5. The molecular formula is C14H28N2O. The van der Waals surface area contributed by atoms with Crippen LogP contribution in [0.2, 0.25) is 0 Å². The van der Waals surface area contributed by atoms with E-state index in [1.807, 2.05) is 0 Å². The van der Waals surface area contributed by atoms with Crippen molar-refractivity contribution in [3.8, 4) is 0 Å². The van der Waals surface area contributed by atoms with Crippen LogP contribution in [-0.2, 0) is 4.79 Å². The van der Waals surface area contributed by atoms with Gasteiger partial charge in [-0.1, -0.05) is 33.1 Å². The Bertz CT molecular complexity index is 259. The van der Waals surface area contributed by atoms with Crippen molar-refractivity contribution in [2.75, 3.05) is 6.54 Å². The number of nitrogens with one attached hydrogen (secondary N) is 1. The molecule has 3 nitrogen and oxygen atoms in total. The fourth-order valence-corrected chi connectivity index (χ4v) is 2.63. The van der Waals surface area contributed by atoms with Crippen LogP contribution < -0.4 is 11.1 Å². The smallest absolute Gasteiger partial charge is 0.226 e. The highest BCUT2D eigenvalue weighted by atomic mass is 16.2. The van der Waals surface area contributed by atoms with Crippen molar-refractivity contribution in [2.45, 2.75) is 71.3 Å². The summed E-state index contributed by atoms with van der Waals surface area (Å²) in [5.74, 6) is 0.231. The Morgan fingerprint density at radius 3 is 2.41 bits per heavy atom. The molecule has 1 saturated carbocycles. The molecule has 1 aliphatic carbocycles. The lowest BCUT2D eigenvalue weighted by molar-refractivity contribution is -0.133. The summed E-state index contributed by atoms with van der Waals surface area (Å²) in [7, 11) is 0. The van der Waals surface area contributed by atoms with Crippen LogP contribution in [0.5, 0.6) is 0 Å². The Labute approximate surface area is 106 Å². The van der Waals surface area contributed by atoms with Gasteiger partial charge in [0.2, 0.25) is 5.91 Å². The zero-order chi connectivity index (χ0) is 12.9. The van der Waals surface area contributed by atoms with E-state index in [9.17, 15) is 4.79 Å². The lowest BCUT2D eigenvalue weighted by Crippen LogP contribution is -2.52. The molecule has 0 spiro atoms. The Kier molecular flexibility index (Phi) is 4.99. The second-order valence-electron chi connectivity index (χ2n) is 6.03. The van der Waals surface area contributed by atoms with Gasteiger partial charge in [0.05, 0.1) is 0 Å². The molecule has 0 aromatic heterocycles. The minimum Gasteiger partial charge on any atom is -0.350 e. The Morgan fingerprint density at radius 2 is 1.94 bits per heavy atom. The van der Waals surface area contributed by atoms with Crippen molar-refractivity contribution in [3.63, 3.8) is 0 Å². The molecule has 0 aromatic rings. The maximum Gasteiger partial charge on any atom is 0.226 e. The molecule has 0 saturated heterocycles. The van der Waals surface area contributed by atoms with E-state index >= 15 is 0 Å². The summed E-state index contributed by atoms with van der Waals surface area (Å²) in [6.45, 7) is 6.95. The molecule has 1 amide bonds. The summed E-state index contributed by atoms with van der Waals surface area (Å²) in [4.78, 5) is 12.4. The predicted octanol–water partition coefficient (Wildman–Crippen LogP) is 2.59. The highest BCUT2D eigenvalue weighted by molar-refractivity contribution is 5.83. The first-order valence-electron chi connectivity index (χ1n) is 6.98. The SMILES string of the molecule is CCC(C)(CCN)NC(=O)C1(C)CCCCC1. The monoisotopic (exact) mass is 240 g/mol. The Hall–Kier alpha value is -0.570. The average Bonchev–Trinajstić information content (AvgIpc) is 2.30. The van der Waals surface area contributed by atoms with Crippen molar-refractivity contribution in [3.05, 3.63) is 0 Å². The third kappa shape index (κ3) is 3.70. The second-order valence-corrected chi connectivity index (χ2v) is 6.03. The maximum atomic E-state index is 12.4. The first-order valence-corrected chi connectivity index (χ1v) is 6.98. The molecule has 0 aliphatic heterocycles. The molecule has 1 aliphatic rings. The van der Waals surface area contributed by atoms with E-state index in [0.717, 1.165) is 25.7 Å². The normalized spacial score (nSPS) is 22.8. The van der Waals surface area contributed by atoms with Gasteiger partial charge in [0.1, 0.15) is 0 Å². The van der Waals surface area contributed by atoms with Gasteiger partial charge in [-0.25, -0.2) is 0 Å². The minimum absolute atomic E-state index is 0.133. The molecule has 1 fully saturated rings. The van der Waals surface area contributed by atoms with Crippen LogP contribution in [-0.4, -0.2) is 18.0 Å². The maximum absolute atomic E-state index is 12.4. The molecule has 0 bridgehead atoms. The second kappa shape index (κ2) is 5.85. The number of rotatable bonds is 5. The van der Waals surface area contributed by atoms with E-state index in [0.29, 0.717) is 6.54 Å². The van der Waals surface area contributed by atoms with Crippen LogP contribution >= 0.6 is 0 Å². The molecule has 3 N–H and O–H groups in total. The van der Waals surface area contributed by atoms with E-state index in [4.69, 9.17) is 5.73 Å². The number of amides is 1. The van der Waals surface area contributed by atoms with Crippen LogP contribution in [0.3, 0.4) is 0 Å². The summed E-state index contributed by atoms with van der Waals surface area (Å²) >= 11 is 0. The molecule has 100 valence electrons. The van der Waals surface area contributed by atoms with Crippen molar-refractivity contribution in [2.24, 2.45) is 11.1 Å². The zero-order valence-electron chi connectivity index (χ0n) is 11.6. The van der Waals surface area contributed by atoms with Crippen molar-refractivity contribution < 1.29 is 4.79 Å². The van der Waals surface area contributed by atoms with Crippen LogP contribution in [0.25, 0.3) is 0 Å². The van der Waals surface area contributed by atoms with Gasteiger partial charge in [-0.15, -0.1) is 0 Å². The summed E-state index contributed by atoms with van der Waals surface area (Å²) < 4.78 is 0. The van der Waals surface area contributed by atoms with E-state index in [-0.39, 0.29) is 16.9 Å². The molecule has 1 rings (SSSR count). The fourth-order valence-electron chi connectivity index (χ4n) is 2.63. The number of carbonyl (C=O) groups is 1. The number of hydrogen-bond donors (Lipinski definition) is 2. The van der Waals surface area contributed by atoms with Gasteiger partial charge >= 0.3 is 0 Å². The topological polar surface area (TPSA) is 55.1 Å². The van der Waals surface area contributed by atoms with Gasteiger partial charge < -0.3 is 11.1 Å². The highest BCUT2D eigenvalue weighted by Crippen LogP contribution is 2.36. The fraction of sp³-hybridized carbons (Fsp3) is 0.929. The third-order valence-corrected chi connectivity index (χ3v) is 4.40. The minimum atomic E-state index is -0.150. The molecule has 1 atom stereocenters. The van der Waals surface area contributed by atoms with Gasteiger partial charge in [0, 0.05) is 11.0 Å². The van der Waals surface area contributed by atoms with E-state index in [2.05, 4.69) is 26.1 Å². The van der Waals surface area contributed by atoms with Crippen LogP contribution in [0.15, 0.2) is 0 Å². The predicted molar refractivity (Wildman–Crippen MR) is 71.7 cm³/mol. The van der Waals surface area contributed by atoms with Crippen molar-refractivity contribution >= 4 is 5.91 Å². The summed E-state index contributed by atoms with van der Waals surface area (Å²) in [5.41, 5.74) is 5.34. The van der Waals surface area contributed by atoms with Gasteiger partial charge in [-0.2, -0.15) is 0 Å². The summed E-state index contributed by atoms with van der Waals surface area (Å²) in [6, 6.07) is 0.